The van der Waals surface area contributed by atoms with Gasteiger partial charge in [-0.1, -0.05) is 53.3 Å². The van der Waals surface area contributed by atoms with Crippen LogP contribution in [-0.4, -0.2) is 45.6 Å². The lowest BCUT2D eigenvalue weighted by molar-refractivity contribution is -0.143. The third-order valence-electron chi connectivity index (χ3n) is 7.20. The standard InChI is InChI=1S/C31H31ClN4O4S/c1-5-34(6-2)30(39)27-19(4)33-31-36(28(27)20-12-14-22(32)15-13-20)29(38)25(41-31)16-21-17-35(18-26(37)40-7-3)24-11-9-8-10-23(21)24/h8-17,28H,5-7,18H2,1-4H3/b25-16+/t28-/m0/s1. The number of thiazole rings is 1. The first kappa shape index (κ1) is 28.6. The molecule has 10 heteroatoms. The number of carbonyl (C=O) groups is 2. The van der Waals surface area contributed by atoms with Crippen LogP contribution in [0.25, 0.3) is 17.0 Å². The van der Waals surface area contributed by atoms with Crippen molar-refractivity contribution in [3.63, 3.8) is 0 Å². The van der Waals surface area contributed by atoms with Gasteiger partial charge in [0, 0.05) is 40.8 Å². The average Bonchev–Trinajstić information content (AvgIpc) is 3.45. The smallest absolute Gasteiger partial charge is 0.325 e. The quantitative estimate of drug-likeness (QED) is 0.287. The molecule has 1 aliphatic heterocycles. The lowest BCUT2D eigenvalue weighted by Gasteiger charge is -2.29. The summed E-state index contributed by atoms with van der Waals surface area (Å²) in [5, 5.41) is 1.48. The van der Waals surface area contributed by atoms with Gasteiger partial charge in [-0.3, -0.25) is 19.0 Å². The number of allylic oxidation sites excluding steroid dienone is 1. The van der Waals surface area contributed by atoms with Crippen LogP contribution in [-0.2, 0) is 20.9 Å². The number of hydrogen-bond acceptors (Lipinski definition) is 6. The summed E-state index contributed by atoms with van der Waals surface area (Å²) >= 11 is 7.47. The van der Waals surface area contributed by atoms with Crippen LogP contribution in [0.15, 0.2) is 75.8 Å². The predicted octanol–water partition coefficient (Wildman–Crippen LogP) is 4.27. The molecule has 5 rings (SSSR count). The highest BCUT2D eigenvalue weighted by Crippen LogP contribution is 2.32. The van der Waals surface area contributed by atoms with Crippen molar-refractivity contribution in [3.8, 4) is 0 Å². The lowest BCUT2D eigenvalue weighted by atomic mass is 9.94. The Labute approximate surface area is 246 Å². The summed E-state index contributed by atoms with van der Waals surface area (Å²) in [7, 11) is 0. The summed E-state index contributed by atoms with van der Waals surface area (Å²) in [6.07, 6.45) is 3.69. The fourth-order valence-electron chi connectivity index (χ4n) is 5.24. The Morgan fingerprint density at radius 2 is 1.80 bits per heavy atom. The molecule has 2 aromatic heterocycles. The van der Waals surface area contributed by atoms with Gasteiger partial charge < -0.3 is 14.2 Å². The van der Waals surface area contributed by atoms with E-state index in [1.54, 1.807) is 28.5 Å². The number of fused-ring (bicyclic) bond motifs is 2. The number of halogens is 1. The number of rotatable bonds is 8. The second-order valence-electron chi connectivity index (χ2n) is 9.65. The third-order valence-corrected chi connectivity index (χ3v) is 8.43. The maximum atomic E-state index is 14.1. The van der Waals surface area contributed by atoms with Gasteiger partial charge in [0.1, 0.15) is 6.54 Å². The van der Waals surface area contributed by atoms with Crippen molar-refractivity contribution in [1.82, 2.24) is 14.0 Å². The van der Waals surface area contributed by atoms with Gasteiger partial charge in [-0.2, -0.15) is 0 Å². The summed E-state index contributed by atoms with van der Waals surface area (Å²) in [5.41, 5.74) is 3.25. The average molecular weight is 591 g/mol. The highest BCUT2D eigenvalue weighted by molar-refractivity contribution is 7.07. The number of para-hydroxylation sites is 1. The topological polar surface area (TPSA) is 85.9 Å². The van der Waals surface area contributed by atoms with Gasteiger partial charge in [-0.05, 0) is 57.5 Å². The molecule has 212 valence electrons. The van der Waals surface area contributed by atoms with Crippen LogP contribution in [0, 0.1) is 0 Å². The van der Waals surface area contributed by atoms with Gasteiger partial charge >= 0.3 is 5.97 Å². The predicted molar refractivity (Wildman–Crippen MR) is 162 cm³/mol. The van der Waals surface area contributed by atoms with E-state index in [1.807, 2.05) is 74.0 Å². The summed E-state index contributed by atoms with van der Waals surface area (Å²) < 4.78 is 9.07. The Balaban J connectivity index is 1.69. The van der Waals surface area contributed by atoms with Crippen LogP contribution >= 0.6 is 22.9 Å². The molecule has 0 bridgehead atoms. The van der Waals surface area contributed by atoms with E-state index in [0.717, 1.165) is 22.0 Å². The Hall–Kier alpha value is -3.95. The molecule has 1 aliphatic rings. The first-order valence-corrected chi connectivity index (χ1v) is 14.8. The van der Waals surface area contributed by atoms with E-state index in [4.69, 9.17) is 21.3 Å². The molecule has 0 aliphatic carbocycles. The molecule has 0 radical (unpaired) electrons. The number of esters is 1. The molecular formula is C31H31ClN4O4S. The van der Waals surface area contributed by atoms with E-state index in [0.29, 0.717) is 45.3 Å². The maximum absolute atomic E-state index is 14.1. The van der Waals surface area contributed by atoms with Crippen LogP contribution in [0.4, 0.5) is 0 Å². The molecule has 41 heavy (non-hydrogen) atoms. The van der Waals surface area contributed by atoms with Gasteiger partial charge in [0.05, 0.1) is 28.5 Å². The Kier molecular flexibility index (Phi) is 8.28. The minimum Gasteiger partial charge on any atom is -0.465 e. The molecule has 0 N–H and O–H groups in total. The van der Waals surface area contributed by atoms with Gasteiger partial charge in [-0.15, -0.1) is 0 Å². The highest BCUT2D eigenvalue weighted by Gasteiger charge is 2.34. The summed E-state index contributed by atoms with van der Waals surface area (Å²) in [5.74, 6) is -0.476. The maximum Gasteiger partial charge on any atom is 0.325 e. The van der Waals surface area contributed by atoms with Crippen molar-refractivity contribution in [2.45, 2.75) is 40.3 Å². The molecule has 1 atom stereocenters. The Morgan fingerprint density at radius 1 is 1.10 bits per heavy atom. The van der Waals surface area contributed by atoms with Crippen LogP contribution in [0.5, 0.6) is 0 Å². The molecule has 0 spiro atoms. The van der Waals surface area contributed by atoms with E-state index in [-0.39, 0.29) is 24.0 Å². The number of likely N-dealkylation sites (N-methyl/N-ethyl adjacent to an activating group) is 1. The third kappa shape index (κ3) is 5.39. The highest BCUT2D eigenvalue weighted by atomic mass is 35.5. The zero-order valence-corrected chi connectivity index (χ0v) is 25.0. The molecule has 4 aromatic rings. The zero-order valence-electron chi connectivity index (χ0n) is 23.4. The fraction of sp³-hybridized carbons (Fsp3) is 0.290. The molecule has 0 saturated heterocycles. The number of aromatic nitrogens is 2. The summed E-state index contributed by atoms with van der Waals surface area (Å²) in [6, 6.07) is 14.3. The van der Waals surface area contributed by atoms with Crippen molar-refractivity contribution in [1.29, 1.82) is 0 Å². The van der Waals surface area contributed by atoms with Gasteiger partial charge in [0.15, 0.2) is 4.80 Å². The molecule has 0 saturated carbocycles. The number of hydrogen-bond donors (Lipinski definition) is 0. The SMILES string of the molecule is CCOC(=O)Cn1cc(/C=c2/sc3n(c2=O)[C@@H](c2ccc(Cl)cc2)C(C(=O)N(CC)CC)=C(C)N=3)c2ccccc21. The molecule has 1 amide bonds. The molecule has 0 fully saturated rings. The number of benzene rings is 2. The number of amides is 1. The minimum atomic E-state index is -0.649. The number of nitrogens with zero attached hydrogens (tertiary/aromatic N) is 4. The molecule has 0 unspecified atom stereocenters. The van der Waals surface area contributed by atoms with Crippen molar-refractivity contribution < 1.29 is 14.3 Å². The summed E-state index contributed by atoms with van der Waals surface area (Å²) in [6.45, 7) is 8.91. The number of carbonyl (C=O) groups excluding carboxylic acids is 2. The van der Waals surface area contributed by atoms with Gasteiger partial charge in [0.25, 0.3) is 11.5 Å². The van der Waals surface area contributed by atoms with Gasteiger partial charge in [-0.25, -0.2) is 4.99 Å². The van der Waals surface area contributed by atoms with E-state index < -0.39 is 6.04 Å². The van der Waals surface area contributed by atoms with E-state index in [2.05, 4.69) is 0 Å². The zero-order chi connectivity index (χ0) is 29.3. The van der Waals surface area contributed by atoms with Crippen LogP contribution in [0.1, 0.15) is 44.9 Å². The molecule has 8 nitrogen and oxygen atoms in total. The Morgan fingerprint density at radius 3 is 2.49 bits per heavy atom. The number of ether oxygens (including phenoxy) is 1. The van der Waals surface area contributed by atoms with Crippen molar-refractivity contribution in [2.75, 3.05) is 19.7 Å². The molecule has 3 heterocycles. The fourth-order valence-corrected chi connectivity index (χ4v) is 6.41. The van der Waals surface area contributed by atoms with E-state index in [1.165, 1.54) is 11.3 Å². The first-order chi connectivity index (χ1) is 19.8. The van der Waals surface area contributed by atoms with Crippen LogP contribution < -0.4 is 14.9 Å². The Bertz CT molecular complexity index is 1850. The van der Waals surface area contributed by atoms with E-state index >= 15 is 0 Å². The van der Waals surface area contributed by atoms with Crippen LogP contribution in [0.3, 0.4) is 0 Å². The second kappa shape index (κ2) is 11.9. The largest absolute Gasteiger partial charge is 0.465 e. The molecular weight excluding hydrogens is 560 g/mol. The van der Waals surface area contributed by atoms with Crippen molar-refractivity contribution in [3.05, 3.63) is 102 Å². The van der Waals surface area contributed by atoms with Crippen molar-refractivity contribution in [2.24, 2.45) is 4.99 Å². The minimum absolute atomic E-state index is 0.0655. The monoisotopic (exact) mass is 590 g/mol. The van der Waals surface area contributed by atoms with Crippen molar-refractivity contribution >= 4 is 51.8 Å². The first-order valence-electron chi connectivity index (χ1n) is 13.6. The summed E-state index contributed by atoms with van der Waals surface area (Å²) in [4.78, 5) is 47.1. The second-order valence-corrected chi connectivity index (χ2v) is 11.1. The van der Waals surface area contributed by atoms with Gasteiger partial charge in [0.2, 0.25) is 0 Å². The lowest BCUT2D eigenvalue weighted by Crippen LogP contribution is -2.43. The van der Waals surface area contributed by atoms with E-state index in [9.17, 15) is 14.4 Å². The van der Waals surface area contributed by atoms with Crippen LogP contribution in [0.2, 0.25) is 5.02 Å². The molecule has 2 aromatic carbocycles. The normalized spacial score (nSPS) is 15.1.